The van der Waals surface area contributed by atoms with Crippen molar-refractivity contribution in [2.24, 2.45) is 0 Å². The van der Waals surface area contributed by atoms with E-state index in [0.717, 1.165) is 4.90 Å². The Hall–Kier alpha value is -2.70. The third kappa shape index (κ3) is 3.13. The number of carbonyl (C=O) groups excluding carboxylic acids is 4. The quantitative estimate of drug-likeness (QED) is 0.807. The highest BCUT2D eigenvalue weighted by atomic mass is 16.2. The SMILES string of the molecule is CCN1CCN(C(=O)NC([C]=O)c2ccccc2)C(=O)C1=O. The van der Waals surface area contributed by atoms with Crippen molar-refractivity contribution < 1.29 is 19.2 Å². The van der Waals surface area contributed by atoms with Crippen LogP contribution in [0.25, 0.3) is 0 Å². The summed E-state index contributed by atoms with van der Waals surface area (Å²) in [4.78, 5) is 49.1. The average Bonchev–Trinajstić information content (AvgIpc) is 2.55. The number of hydrogen-bond acceptors (Lipinski definition) is 4. The number of nitrogens with one attached hydrogen (secondary N) is 1. The number of nitrogens with zero attached hydrogens (tertiary/aromatic N) is 2. The predicted molar refractivity (Wildman–Crippen MR) is 77.4 cm³/mol. The molecule has 1 aromatic rings. The van der Waals surface area contributed by atoms with Crippen LogP contribution >= 0.6 is 0 Å². The molecule has 1 fully saturated rings. The van der Waals surface area contributed by atoms with Crippen molar-refractivity contribution in [1.29, 1.82) is 0 Å². The lowest BCUT2D eigenvalue weighted by atomic mass is 10.1. The molecule has 0 aliphatic carbocycles. The number of likely N-dealkylation sites (N-methyl/N-ethyl adjacent to an activating group) is 1. The first kappa shape index (κ1) is 15.7. The minimum atomic E-state index is -0.985. The lowest BCUT2D eigenvalue weighted by molar-refractivity contribution is -0.153. The Morgan fingerprint density at radius 1 is 1.23 bits per heavy atom. The number of benzene rings is 1. The molecule has 1 aliphatic heterocycles. The first-order valence-corrected chi connectivity index (χ1v) is 6.92. The molecule has 115 valence electrons. The van der Waals surface area contributed by atoms with Crippen LogP contribution in [0.4, 0.5) is 4.79 Å². The Balaban J connectivity index is 2.07. The number of imide groups is 1. The molecule has 1 radical (unpaired) electrons. The molecule has 1 aromatic carbocycles. The zero-order chi connectivity index (χ0) is 16.1. The van der Waals surface area contributed by atoms with Gasteiger partial charge < -0.3 is 10.2 Å². The summed E-state index contributed by atoms with van der Waals surface area (Å²) in [7, 11) is 0. The molecular weight excluding hydrogens is 286 g/mol. The van der Waals surface area contributed by atoms with E-state index in [1.165, 1.54) is 4.90 Å². The minimum Gasteiger partial charge on any atom is -0.333 e. The number of carbonyl (C=O) groups is 3. The molecule has 0 saturated carbocycles. The van der Waals surface area contributed by atoms with Gasteiger partial charge in [-0.1, -0.05) is 30.3 Å². The molecule has 1 heterocycles. The fourth-order valence-electron chi connectivity index (χ4n) is 2.20. The molecule has 0 bridgehead atoms. The van der Waals surface area contributed by atoms with Crippen molar-refractivity contribution in [2.45, 2.75) is 13.0 Å². The topological polar surface area (TPSA) is 86.8 Å². The molecule has 1 unspecified atom stereocenters. The van der Waals surface area contributed by atoms with Crippen LogP contribution in [0.2, 0.25) is 0 Å². The number of hydrogen-bond donors (Lipinski definition) is 1. The van der Waals surface area contributed by atoms with Gasteiger partial charge in [0.25, 0.3) is 0 Å². The van der Waals surface area contributed by atoms with Gasteiger partial charge >= 0.3 is 17.8 Å². The summed E-state index contributed by atoms with van der Waals surface area (Å²) in [6.45, 7) is 2.56. The van der Waals surface area contributed by atoms with Gasteiger partial charge in [-0.3, -0.25) is 19.3 Å². The number of urea groups is 1. The van der Waals surface area contributed by atoms with Crippen LogP contribution in [-0.2, 0) is 14.4 Å². The zero-order valence-electron chi connectivity index (χ0n) is 12.1. The maximum absolute atomic E-state index is 12.1. The highest BCUT2D eigenvalue weighted by Gasteiger charge is 2.36. The van der Waals surface area contributed by atoms with Crippen molar-refractivity contribution in [3.8, 4) is 0 Å². The van der Waals surface area contributed by atoms with E-state index in [-0.39, 0.29) is 13.1 Å². The monoisotopic (exact) mass is 302 g/mol. The molecular formula is C15H16N3O4. The van der Waals surface area contributed by atoms with Crippen molar-refractivity contribution in [3.63, 3.8) is 0 Å². The van der Waals surface area contributed by atoms with Crippen LogP contribution in [0.15, 0.2) is 30.3 Å². The fourth-order valence-corrected chi connectivity index (χ4v) is 2.20. The van der Waals surface area contributed by atoms with Gasteiger partial charge in [-0.15, -0.1) is 0 Å². The standard InChI is InChI=1S/C15H16N3O4/c1-2-17-8-9-18(14(21)13(17)20)15(22)16-12(10-19)11-6-4-3-5-7-11/h3-7,12H,2,8-9H2,1H3,(H,16,22). The molecule has 0 aromatic heterocycles. The highest BCUT2D eigenvalue weighted by molar-refractivity contribution is 6.38. The van der Waals surface area contributed by atoms with E-state index in [1.54, 1.807) is 43.5 Å². The van der Waals surface area contributed by atoms with Crippen molar-refractivity contribution in [2.75, 3.05) is 19.6 Å². The summed E-state index contributed by atoms with van der Waals surface area (Å²) in [5.41, 5.74) is 0.553. The molecule has 1 atom stereocenters. The van der Waals surface area contributed by atoms with Gasteiger partial charge in [-0.25, -0.2) is 4.79 Å². The molecule has 22 heavy (non-hydrogen) atoms. The van der Waals surface area contributed by atoms with E-state index >= 15 is 0 Å². The average molecular weight is 302 g/mol. The molecule has 7 heteroatoms. The molecule has 4 amide bonds. The molecule has 0 spiro atoms. The van der Waals surface area contributed by atoms with Crippen LogP contribution in [0.3, 0.4) is 0 Å². The van der Waals surface area contributed by atoms with E-state index in [0.29, 0.717) is 12.1 Å². The van der Waals surface area contributed by atoms with Crippen molar-refractivity contribution >= 4 is 24.1 Å². The van der Waals surface area contributed by atoms with Crippen molar-refractivity contribution in [1.82, 2.24) is 15.1 Å². The van der Waals surface area contributed by atoms with E-state index < -0.39 is 23.9 Å². The third-order valence-corrected chi connectivity index (χ3v) is 3.45. The van der Waals surface area contributed by atoms with Crippen LogP contribution in [0, 0.1) is 0 Å². The lowest BCUT2D eigenvalue weighted by Crippen LogP contribution is -2.58. The zero-order valence-corrected chi connectivity index (χ0v) is 12.1. The Labute approximate surface area is 127 Å². The number of amides is 4. The molecule has 1 saturated heterocycles. The number of rotatable bonds is 4. The molecule has 1 N–H and O–H groups in total. The highest BCUT2D eigenvalue weighted by Crippen LogP contribution is 2.12. The summed E-state index contributed by atoms with van der Waals surface area (Å²) in [5.74, 6) is -1.60. The number of piperazine rings is 1. The minimum absolute atomic E-state index is 0.102. The third-order valence-electron chi connectivity index (χ3n) is 3.45. The van der Waals surface area contributed by atoms with Crippen LogP contribution < -0.4 is 5.32 Å². The van der Waals surface area contributed by atoms with Crippen LogP contribution in [0.5, 0.6) is 0 Å². The maximum atomic E-state index is 12.1. The second kappa shape index (κ2) is 6.84. The van der Waals surface area contributed by atoms with Gasteiger partial charge in [0.05, 0.1) is 0 Å². The predicted octanol–water partition coefficient (Wildman–Crippen LogP) is 0.238. The van der Waals surface area contributed by atoms with Gasteiger partial charge in [0, 0.05) is 19.6 Å². The van der Waals surface area contributed by atoms with E-state index in [4.69, 9.17) is 0 Å². The van der Waals surface area contributed by atoms with Crippen molar-refractivity contribution in [3.05, 3.63) is 35.9 Å². The Morgan fingerprint density at radius 3 is 2.50 bits per heavy atom. The van der Waals surface area contributed by atoms with Gasteiger partial charge in [0.15, 0.2) is 0 Å². The first-order valence-electron chi connectivity index (χ1n) is 6.92. The normalized spacial score (nSPS) is 16.4. The first-order chi connectivity index (χ1) is 10.6. The van der Waals surface area contributed by atoms with Gasteiger partial charge in [0.2, 0.25) is 6.29 Å². The summed E-state index contributed by atoms with van der Waals surface area (Å²) < 4.78 is 0. The van der Waals surface area contributed by atoms with Gasteiger partial charge in [-0.2, -0.15) is 0 Å². The second-order valence-electron chi connectivity index (χ2n) is 4.75. The Bertz CT molecular complexity index is 588. The summed E-state index contributed by atoms with van der Waals surface area (Å²) in [6.07, 6.45) is 1.72. The largest absolute Gasteiger partial charge is 0.333 e. The summed E-state index contributed by atoms with van der Waals surface area (Å²) in [5, 5.41) is 2.41. The van der Waals surface area contributed by atoms with E-state index in [1.807, 2.05) is 0 Å². The van der Waals surface area contributed by atoms with E-state index in [9.17, 15) is 19.2 Å². The van der Waals surface area contributed by atoms with Gasteiger partial charge in [0.1, 0.15) is 6.04 Å². The smallest absolute Gasteiger partial charge is 0.325 e. The lowest BCUT2D eigenvalue weighted by Gasteiger charge is -2.32. The maximum Gasteiger partial charge on any atom is 0.325 e. The molecule has 2 rings (SSSR count). The summed E-state index contributed by atoms with van der Waals surface area (Å²) >= 11 is 0. The van der Waals surface area contributed by atoms with Crippen LogP contribution in [-0.4, -0.2) is 53.6 Å². The molecule has 1 aliphatic rings. The Morgan fingerprint density at radius 2 is 1.91 bits per heavy atom. The van der Waals surface area contributed by atoms with Gasteiger partial charge in [-0.05, 0) is 12.5 Å². The second-order valence-corrected chi connectivity index (χ2v) is 4.75. The summed E-state index contributed by atoms with van der Waals surface area (Å²) in [6, 6.07) is 6.79. The fraction of sp³-hybridized carbons (Fsp3) is 0.333. The molecule has 7 nitrogen and oxygen atoms in total. The Kier molecular flexibility index (Phi) is 4.88. The van der Waals surface area contributed by atoms with Crippen LogP contribution in [0.1, 0.15) is 18.5 Å². The van der Waals surface area contributed by atoms with E-state index in [2.05, 4.69) is 5.32 Å².